The zero-order valence-corrected chi connectivity index (χ0v) is 17.7. The number of hydrazone groups is 1. The number of anilines is 1. The number of carbonyl (C=O) groups is 1. The van der Waals surface area contributed by atoms with E-state index in [0.29, 0.717) is 17.2 Å². The monoisotopic (exact) mass is 395 g/mol. The van der Waals surface area contributed by atoms with Gasteiger partial charge >= 0.3 is 0 Å². The van der Waals surface area contributed by atoms with Gasteiger partial charge in [-0.05, 0) is 62.9 Å². The van der Waals surface area contributed by atoms with Crippen LogP contribution in [0.15, 0.2) is 41.5 Å². The Hall–Kier alpha value is -3.02. The van der Waals surface area contributed by atoms with E-state index in [1.807, 2.05) is 0 Å². The average molecular weight is 396 g/mol. The number of amides is 1. The Kier molecular flexibility index (Phi) is 5.82. The van der Waals surface area contributed by atoms with Crippen molar-refractivity contribution >= 4 is 17.8 Å². The summed E-state index contributed by atoms with van der Waals surface area (Å²) in [4.78, 5) is 14.6. The fourth-order valence-electron chi connectivity index (χ4n) is 4.28. The zero-order valence-electron chi connectivity index (χ0n) is 17.7. The molecule has 0 aromatic heterocycles. The molecule has 1 unspecified atom stereocenters. The van der Waals surface area contributed by atoms with E-state index in [4.69, 9.17) is 4.74 Å². The first-order valence-corrected chi connectivity index (χ1v) is 9.89. The minimum Gasteiger partial charge on any atom is -0.508 e. The van der Waals surface area contributed by atoms with Crippen LogP contribution in [0, 0.1) is 0 Å². The largest absolute Gasteiger partial charge is 0.508 e. The van der Waals surface area contributed by atoms with Crippen LogP contribution in [0.2, 0.25) is 0 Å². The maximum Gasteiger partial charge on any atom is 0.271 e. The van der Waals surface area contributed by atoms with Gasteiger partial charge in [0.15, 0.2) is 0 Å². The first-order valence-electron chi connectivity index (χ1n) is 9.89. The summed E-state index contributed by atoms with van der Waals surface area (Å²) >= 11 is 0. The third-order valence-corrected chi connectivity index (χ3v) is 5.53. The Morgan fingerprint density at radius 1 is 1.38 bits per heavy atom. The van der Waals surface area contributed by atoms with Crippen molar-refractivity contribution in [2.24, 2.45) is 5.10 Å². The number of nitrogens with zero attached hydrogens (tertiary/aromatic N) is 2. The molecule has 3 rings (SSSR count). The molecule has 2 N–H and O–H groups in total. The van der Waals surface area contributed by atoms with Crippen molar-refractivity contribution in [3.63, 3.8) is 0 Å². The van der Waals surface area contributed by atoms with Crippen molar-refractivity contribution in [2.45, 2.75) is 45.6 Å². The van der Waals surface area contributed by atoms with E-state index in [2.05, 4.69) is 55.3 Å². The summed E-state index contributed by atoms with van der Waals surface area (Å²) in [7, 11) is 1.64. The standard InChI is InChI=1S/C23H29N3O3/c1-6-26-20-12-21(29-5)17(11-19(20)15(2)13-23(26,3)4)14-24-25-22(28)16-8-7-9-18(27)10-16/h7-12,14-15,27H,6,13H2,1-5H3,(H,25,28)/b24-14+. The third kappa shape index (κ3) is 4.21. The van der Waals surface area contributed by atoms with Gasteiger partial charge in [-0.1, -0.05) is 13.0 Å². The summed E-state index contributed by atoms with van der Waals surface area (Å²) in [5, 5.41) is 13.6. The molecule has 6 nitrogen and oxygen atoms in total. The fraction of sp³-hybridized carbons (Fsp3) is 0.391. The Bertz CT molecular complexity index is 937. The van der Waals surface area contributed by atoms with Gasteiger partial charge in [0.25, 0.3) is 5.91 Å². The van der Waals surface area contributed by atoms with Gasteiger partial charge in [0.1, 0.15) is 11.5 Å². The molecule has 2 aromatic rings. The maximum absolute atomic E-state index is 12.2. The molecule has 1 atom stereocenters. The Morgan fingerprint density at radius 3 is 2.79 bits per heavy atom. The number of fused-ring (bicyclic) bond motifs is 1. The number of ether oxygens (including phenoxy) is 1. The molecule has 1 aliphatic heterocycles. The van der Waals surface area contributed by atoms with E-state index in [9.17, 15) is 9.90 Å². The van der Waals surface area contributed by atoms with E-state index in [-0.39, 0.29) is 17.2 Å². The number of nitrogens with one attached hydrogen (secondary N) is 1. The summed E-state index contributed by atoms with van der Waals surface area (Å²) < 4.78 is 5.60. The number of hydrogen-bond donors (Lipinski definition) is 2. The second kappa shape index (κ2) is 8.15. The van der Waals surface area contributed by atoms with Crippen molar-refractivity contribution in [3.05, 3.63) is 53.1 Å². The molecule has 0 bridgehead atoms. The Labute approximate surface area is 172 Å². The molecule has 1 aliphatic rings. The van der Waals surface area contributed by atoms with Gasteiger partial charge in [-0.25, -0.2) is 5.43 Å². The van der Waals surface area contributed by atoms with Crippen LogP contribution in [0.1, 0.15) is 61.5 Å². The molecule has 0 radical (unpaired) electrons. The summed E-state index contributed by atoms with van der Waals surface area (Å²) in [6.45, 7) is 9.87. The van der Waals surface area contributed by atoms with Gasteiger partial charge in [-0.3, -0.25) is 4.79 Å². The number of rotatable bonds is 5. The number of phenols is 1. The quantitative estimate of drug-likeness (QED) is 0.585. The van der Waals surface area contributed by atoms with Crippen LogP contribution in [-0.4, -0.2) is 36.4 Å². The van der Waals surface area contributed by atoms with Crippen molar-refractivity contribution < 1.29 is 14.6 Å². The number of hydrogen-bond acceptors (Lipinski definition) is 5. The van der Waals surface area contributed by atoms with Gasteiger partial charge in [-0.15, -0.1) is 0 Å². The summed E-state index contributed by atoms with van der Waals surface area (Å²) in [5.41, 5.74) is 6.18. The molecular formula is C23H29N3O3. The Balaban J connectivity index is 1.88. The lowest BCUT2D eigenvalue weighted by atomic mass is 9.79. The van der Waals surface area contributed by atoms with Crippen molar-refractivity contribution in [3.8, 4) is 11.5 Å². The molecule has 6 heteroatoms. The molecule has 0 spiro atoms. The summed E-state index contributed by atoms with van der Waals surface area (Å²) in [6, 6.07) is 10.3. The summed E-state index contributed by atoms with van der Waals surface area (Å²) in [6.07, 6.45) is 2.66. The lowest BCUT2D eigenvalue weighted by Gasteiger charge is -2.47. The molecular weight excluding hydrogens is 366 g/mol. The smallest absolute Gasteiger partial charge is 0.271 e. The normalized spacial score (nSPS) is 17.8. The lowest BCUT2D eigenvalue weighted by Crippen LogP contribution is -2.48. The van der Waals surface area contributed by atoms with Crippen molar-refractivity contribution in [1.29, 1.82) is 0 Å². The molecule has 1 heterocycles. The van der Waals surface area contributed by atoms with Crippen LogP contribution in [0.25, 0.3) is 0 Å². The molecule has 0 fully saturated rings. The van der Waals surface area contributed by atoms with Crippen LogP contribution in [-0.2, 0) is 0 Å². The minimum absolute atomic E-state index is 0.0374. The molecule has 1 amide bonds. The third-order valence-electron chi connectivity index (χ3n) is 5.53. The highest BCUT2D eigenvalue weighted by Crippen LogP contribution is 2.45. The predicted octanol–water partition coefficient (Wildman–Crippen LogP) is 4.28. The van der Waals surface area contributed by atoms with Gasteiger partial charge in [0, 0.05) is 35.0 Å². The van der Waals surface area contributed by atoms with Gasteiger partial charge in [-0.2, -0.15) is 5.10 Å². The minimum atomic E-state index is -0.388. The number of carbonyl (C=O) groups excluding carboxylic acids is 1. The average Bonchev–Trinajstić information content (AvgIpc) is 2.67. The highest BCUT2D eigenvalue weighted by molar-refractivity contribution is 5.95. The van der Waals surface area contributed by atoms with Gasteiger partial charge < -0.3 is 14.7 Å². The highest BCUT2D eigenvalue weighted by atomic mass is 16.5. The molecule has 0 aliphatic carbocycles. The molecule has 0 saturated heterocycles. The number of methoxy groups -OCH3 is 1. The maximum atomic E-state index is 12.2. The summed E-state index contributed by atoms with van der Waals surface area (Å²) in [5.74, 6) is 0.766. The van der Waals surface area contributed by atoms with Crippen LogP contribution in [0.5, 0.6) is 11.5 Å². The first kappa shape index (κ1) is 20.7. The van der Waals surface area contributed by atoms with E-state index >= 15 is 0 Å². The molecule has 154 valence electrons. The number of benzene rings is 2. The van der Waals surface area contributed by atoms with E-state index in [0.717, 1.165) is 18.5 Å². The molecule has 29 heavy (non-hydrogen) atoms. The topological polar surface area (TPSA) is 74.2 Å². The van der Waals surface area contributed by atoms with Gasteiger partial charge in [0.2, 0.25) is 0 Å². The van der Waals surface area contributed by atoms with Crippen molar-refractivity contribution in [2.75, 3.05) is 18.6 Å². The van der Waals surface area contributed by atoms with E-state index in [1.165, 1.54) is 23.4 Å². The zero-order chi connectivity index (χ0) is 21.2. The van der Waals surface area contributed by atoms with Crippen LogP contribution in [0.3, 0.4) is 0 Å². The molecule has 0 saturated carbocycles. The van der Waals surface area contributed by atoms with E-state index in [1.54, 1.807) is 25.5 Å². The SMILES string of the molecule is CCN1c2cc(OC)c(/C=N/NC(=O)c3cccc(O)c3)cc2C(C)CC1(C)C. The molecule has 2 aromatic carbocycles. The van der Waals surface area contributed by atoms with E-state index < -0.39 is 0 Å². The Morgan fingerprint density at radius 2 is 2.14 bits per heavy atom. The van der Waals surface area contributed by atoms with Crippen molar-refractivity contribution in [1.82, 2.24) is 5.43 Å². The fourth-order valence-corrected chi connectivity index (χ4v) is 4.28. The number of aromatic hydroxyl groups is 1. The lowest BCUT2D eigenvalue weighted by molar-refractivity contribution is 0.0954. The predicted molar refractivity (Wildman–Crippen MR) is 116 cm³/mol. The highest BCUT2D eigenvalue weighted by Gasteiger charge is 2.36. The number of phenolic OH excluding ortho intramolecular Hbond substituents is 1. The van der Waals surface area contributed by atoms with Crippen LogP contribution < -0.4 is 15.1 Å². The first-order chi connectivity index (χ1) is 13.8. The van der Waals surface area contributed by atoms with Crippen LogP contribution in [0.4, 0.5) is 5.69 Å². The second-order valence-electron chi connectivity index (χ2n) is 8.06. The van der Waals surface area contributed by atoms with Crippen LogP contribution >= 0.6 is 0 Å². The van der Waals surface area contributed by atoms with Gasteiger partial charge in [0.05, 0.1) is 13.3 Å². The second-order valence-corrected chi connectivity index (χ2v) is 8.06.